The van der Waals surface area contributed by atoms with Gasteiger partial charge in [0.15, 0.2) is 0 Å². The Labute approximate surface area is 112 Å². The third kappa shape index (κ3) is 2.10. The van der Waals surface area contributed by atoms with Crippen molar-refractivity contribution in [1.29, 1.82) is 0 Å². The van der Waals surface area contributed by atoms with Gasteiger partial charge in [-0.05, 0) is 18.4 Å². The molecule has 0 saturated carbocycles. The Balaban J connectivity index is 1.92. The highest BCUT2D eigenvalue weighted by Crippen LogP contribution is 2.29. The largest absolute Gasteiger partial charge is 0.353 e. The summed E-state index contributed by atoms with van der Waals surface area (Å²) in [5.74, 6) is 1.98. The molecule has 0 N–H and O–H groups in total. The van der Waals surface area contributed by atoms with Gasteiger partial charge in [-0.2, -0.15) is 0 Å². The van der Waals surface area contributed by atoms with Crippen LogP contribution in [0.15, 0.2) is 11.4 Å². The van der Waals surface area contributed by atoms with E-state index < -0.39 is 0 Å². The number of fused-ring (bicyclic) bond motifs is 1. The van der Waals surface area contributed by atoms with Gasteiger partial charge in [0.05, 0.1) is 10.2 Å². The second-order valence-electron chi connectivity index (χ2n) is 4.51. The van der Waals surface area contributed by atoms with Crippen LogP contribution < -0.4 is 4.90 Å². The molecular formula is C12H16BN4S. The molecule has 0 amide bonds. The molecule has 18 heavy (non-hydrogen) atoms. The minimum Gasteiger partial charge on any atom is -0.353 e. The van der Waals surface area contributed by atoms with Crippen LogP contribution in [0.3, 0.4) is 0 Å². The van der Waals surface area contributed by atoms with Crippen LogP contribution in [-0.2, 0) is 0 Å². The Morgan fingerprint density at radius 2 is 2.00 bits per heavy atom. The van der Waals surface area contributed by atoms with Crippen molar-refractivity contribution in [3.8, 4) is 0 Å². The number of aryl methyl sites for hydroxylation is 1. The summed E-state index contributed by atoms with van der Waals surface area (Å²) in [6.45, 7) is 8.29. The van der Waals surface area contributed by atoms with Crippen LogP contribution in [0.5, 0.6) is 0 Å². The first kappa shape index (κ1) is 11.9. The van der Waals surface area contributed by atoms with Crippen molar-refractivity contribution in [2.45, 2.75) is 13.7 Å². The quantitative estimate of drug-likeness (QED) is 0.770. The number of aromatic nitrogens is 2. The molecule has 1 saturated heterocycles. The first-order chi connectivity index (χ1) is 8.78. The zero-order chi connectivity index (χ0) is 12.5. The summed E-state index contributed by atoms with van der Waals surface area (Å²) in [6.07, 6.45) is 0. The van der Waals surface area contributed by atoms with Crippen LogP contribution in [0.1, 0.15) is 5.82 Å². The maximum absolute atomic E-state index is 4.64. The number of nitrogens with zero attached hydrogens (tertiary/aromatic N) is 4. The Morgan fingerprint density at radius 1 is 1.22 bits per heavy atom. The number of hydrogen-bond donors (Lipinski definition) is 0. The monoisotopic (exact) mass is 259 g/mol. The van der Waals surface area contributed by atoms with Gasteiger partial charge in [-0.1, -0.05) is 6.82 Å². The van der Waals surface area contributed by atoms with E-state index in [1.807, 2.05) is 6.92 Å². The van der Waals surface area contributed by atoms with Gasteiger partial charge in [0, 0.05) is 26.2 Å². The number of hydrogen-bond acceptors (Lipinski definition) is 5. The van der Waals surface area contributed by atoms with Crippen molar-refractivity contribution in [2.75, 3.05) is 31.1 Å². The van der Waals surface area contributed by atoms with E-state index >= 15 is 0 Å². The lowest BCUT2D eigenvalue weighted by atomic mass is 9.95. The highest BCUT2D eigenvalue weighted by Gasteiger charge is 2.20. The molecule has 4 nitrogen and oxygen atoms in total. The number of anilines is 1. The molecule has 2 aromatic rings. The fourth-order valence-corrected chi connectivity index (χ4v) is 3.22. The van der Waals surface area contributed by atoms with Crippen LogP contribution in [0.4, 0.5) is 5.82 Å². The lowest BCUT2D eigenvalue weighted by Crippen LogP contribution is -2.47. The average molecular weight is 259 g/mol. The van der Waals surface area contributed by atoms with Crippen LogP contribution in [-0.4, -0.2) is 48.4 Å². The fourth-order valence-electron chi connectivity index (χ4n) is 2.37. The van der Waals surface area contributed by atoms with E-state index in [0.29, 0.717) is 0 Å². The van der Waals surface area contributed by atoms with Gasteiger partial charge >= 0.3 is 0 Å². The molecule has 1 radical (unpaired) electrons. The molecule has 0 atom stereocenters. The third-order valence-electron chi connectivity index (χ3n) is 3.38. The summed E-state index contributed by atoms with van der Waals surface area (Å²) in [4.78, 5) is 13.9. The van der Waals surface area contributed by atoms with Crippen LogP contribution in [0.25, 0.3) is 10.2 Å². The number of piperazine rings is 1. The molecule has 0 aromatic carbocycles. The average Bonchev–Trinajstić information content (AvgIpc) is 2.86. The second-order valence-corrected chi connectivity index (χ2v) is 5.43. The molecule has 0 unspecified atom stereocenters. The van der Waals surface area contributed by atoms with Gasteiger partial charge in [-0.25, -0.2) is 9.97 Å². The molecule has 3 rings (SSSR count). The van der Waals surface area contributed by atoms with Gasteiger partial charge in [-0.15, -0.1) is 11.3 Å². The molecule has 3 heterocycles. The molecule has 1 aliphatic rings. The Hall–Kier alpha value is -1.14. The summed E-state index contributed by atoms with van der Waals surface area (Å²) >= 11 is 1.73. The van der Waals surface area contributed by atoms with Crippen molar-refractivity contribution in [2.24, 2.45) is 0 Å². The Morgan fingerprint density at radius 3 is 2.72 bits per heavy atom. The van der Waals surface area contributed by atoms with Gasteiger partial charge < -0.3 is 9.71 Å². The molecule has 0 bridgehead atoms. The lowest BCUT2D eigenvalue weighted by molar-refractivity contribution is 0.407. The van der Waals surface area contributed by atoms with Gasteiger partial charge in [0.2, 0.25) is 7.41 Å². The number of thiophene rings is 1. The third-order valence-corrected chi connectivity index (χ3v) is 4.28. The number of rotatable bonds is 2. The van der Waals surface area contributed by atoms with E-state index in [4.69, 9.17) is 0 Å². The summed E-state index contributed by atoms with van der Waals surface area (Å²) in [5.41, 5.74) is 1.08. The minimum atomic E-state index is 0.861. The predicted molar refractivity (Wildman–Crippen MR) is 77.6 cm³/mol. The van der Waals surface area contributed by atoms with Crippen molar-refractivity contribution >= 4 is 34.8 Å². The molecule has 1 aliphatic heterocycles. The van der Waals surface area contributed by atoms with Crippen molar-refractivity contribution < 1.29 is 0 Å². The van der Waals surface area contributed by atoms with E-state index in [1.165, 1.54) is 4.70 Å². The standard InChI is InChI=1S/C12H16BN4S/c1-9-14-10-3-8-18-11(10)12(15-9)16-4-6-17(13-2)7-5-16/h3,8H,4-7H2,1-2H3. The zero-order valence-electron chi connectivity index (χ0n) is 10.8. The maximum atomic E-state index is 4.64. The first-order valence-electron chi connectivity index (χ1n) is 6.28. The Bertz CT molecular complexity index is 548. The van der Waals surface area contributed by atoms with Crippen molar-refractivity contribution in [3.63, 3.8) is 0 Å². The van der Waals surface area contributed by atoms with Crippen LogP contribution in [0, 0.1) is 6.92 Å². The lowest BCUT2D eigenvalue weighted by Gasteiger charge is -2.35. The van der Waals surface area contributed by atoms with Crippen molar-refractivity contribution in [1.82, 2.24) is 14.8 Å². The van der Waals surface area contributed by atoms with E-state index in [-0.39, 0.29) is 0 Å². The molecule has 1 fully saturated rings. The minimum absolute atomic E-state index is 0.861. The molecule has 6 heteroatoms. The van der Waals surface area contributed by atoms with E-state index in [0.717, 1.165) is 43.3 Å². The van der Waals surface area contributed by atoms with Crippen molar-refractivity contribution in [3.05, 3.63) is 17.3 Å². The predicted octanol–water partition coefficient (Wildman–Crippen LogP) is 1.79. The second kappa shape index (κ2) is 4.86. The van der Waals surface area contributed by atoms with E-state index in [1.54, 1.807) is 11.3 Å². The molecular weight excluding hydrogens is 243 g/mol. The summed E-state index contributed by atoms with van der Waals surface area (Å²) in [7, 11) is 2.17. The zero-order valence-corrected chi connectivity index (χ0v) is 11.6. The SMILES string of the molecule is C[B]N1CCN(c2nc(C)nc3ccsc23)CC1. The highest BCUT2D eigenvalue weighted by atomic mass is 32.1. The molecule has 0 spiro atoms. The topological polar surface area (TPSA) is 32.3 Å². The normalized spacial score (nSPS) is 17.3. The van der Waals surface area contributed by atoms with E-state index in [9.17, 15) is 0 Å². The molecule has 2 aromatic heterocycles. The fraction of sp³-hybridized carbons (Fsp3) is 0.500. The summed E-state index contributed by atoms with van der Waals surface area (Å²) < 4.78 is 1.22. The van der Waals surface area contributed by atoms with Gasteiger partial charge in [-0.3, -0.25) is 0 Å². The summed E-state index contributed by atoms with van der Waals surface area (Å²) in [6, 6.07) is 2.08. The molecule has 93 valence electrons. The van der Waals surface area contributed by atoms with Crippen LogP contribution in [0.2, 0.25) is 6.82 Å². The molecule has 0 aliphatic carbocycles. The maximum Gasteiger partial charge on any atom is 0.205 e. The van der Waals surface area contributed by atoms with Gasteiger partial charge in [0.1, 0.15) is 11.6 Å². The Kier molecular flexibility index (Phi) is 3.22. The first-order valence-corrected chi connectivity index (χ1v) is 7.16. The smallest absolute Gasteiger partial charge is 0.205 e. The van der Waals surface area contributed by atoms with Gasteiger partial charge in [0.25, 0.3) is 0 Å². The van der Waals surface area contributed by atoms with Crippen LogP contribution >= 0.6 is 11.3 Å². The summed E-state index contributed by atoms with van der Waals surface area (Å²) in [5, 5.41) is 2.10. The highest BCUT2D eigenvalue weighted by molar-refractivity contribution is 7.17. The van der Waals surface area contributed by atoms with E-state index in [2.05, 4.69) is 45.4 Å².